The fourth-order valence-electron chi connectivity index (χ4n) is 1.37. The van der Waals surface area contributed by atoms with Crippen molar-refractivity contribution in [3.63, 3.8) is 0 Å². The van der Waals surface area contributed by atoms with E-state index in [1.165, 1.54) is 6.42 Å². The second-order valence-electron chi connectivity index (χ2n) is 3.61. The highest BCUT2D eigenvalue weighted by molar-refractivity contribution is 5.79. The average Bonchev–Trinajstić information content (AvgIpc) is 2.08. The molecule has 0 unspecified atom stereocenters. The van der Waals surface area contributed by atoms with E-state index >= 15 is 0 Å². The molecule has 2 N–H and O–H groups in total. The third-order valence-corrected chi connectivity index (χ3v) is 2.48. The number of amides is 1. The van der Waals surface area contributed by atoms with E-state index in [9.17, 15) is 4.79 Å². The molecule has 0 saturated heterocycles. The molecule has 1 aliphatic carbocycles. The van der Waals surface area contributed by atoms with Crippen molar-refractivity contribution in [3.8, 4) is 0 Å². The number of aliphatic hydroxyl groups is 1. The van der Waals surface area contributed by atoms with Gasteiger partial charge in [0.2, 0.25) is 5.91 Å². The van der Waals surface area contributed by atoms with E-state index in [1.807, 2.05) is 0 Å². The Morgan fingerprint density at radius 2 is 2.21 bits per heavy atom. The summed E-state index contributed by atoms with van der Waals surface area (Å²) in [5.41, 5.74) is 0. The van der Waals surface area contributed by atoms with Crippen LogP contribution >= 0.6 is 0 Å². The van der Waals surface area contributed by atoms with Crippen molar-refractivity contribution < 1.29 is 14.6 Å². The Kier molecular flexibility index (Phi) is 5.56. The number of carbonyl (C=O) groups excluding carboxylic acids is 1. The van der Waals surface area contributed by atoms with Gasteiger partial charge in [0.25, 0.3) is 0 Å². The van der Waals surface area contributed by atoms with Crippen LogP contribution in [0.25, 0.3) is 0 Å². The van der Waals surface area contributed by atoms with Crippen molar-refractivity contribution in [1.29, 1.82) is 0 Å². The van der Waals surface area contributed by atoms with Crippen molar-refractivity contribution in [1.82, 2.24) is 5.32 Å². The first kappa shape index (κ1) is 11.5. The van der Waals surface area contributed by atoms with Crippen molar-refractivity contribution in [3.05, 3.63) is 0 Å². The van der Waals surface area contributed by atoms with Crippen LogP contribution in [0.2, 0.25) is 0 Å². The topological polar surface area (TPSA) is 58.6 Å². The van der Waals surface area contributed by atoms with Gasteiger partial charge in [0.1, 0.15) is 0 Å². The van der Waals surface area contributed by atoms with Crippen molar-refractivity contribution in [2.45, 2.75) is 25.7 Å². The maximum atomic E-state index is 11.3. The van der Waals surface area contributed by atoms with E-state index in [4.69, 9.17) is 9.84 Å². The lowest BCUT2D eigenvalue weighted by molar-refractivity contribution is -0.127. The summed E-state index contributed by atoms with van der Waals surface area (Å²) in [6.07, 6.45) is 4.11. The molecule has 4 heteroatoms. The summed E-state index contributed by atoms with van der Waals surface area (Å²) in [4.78, 5) is 11.3. The summed E-state index contributed by atoms with van der Waals surface area (Å²) in [6, 6.07) is 0. The van der Waals surface area contributed by atoms with Crippen LogP contribution in [-0.2, 0) is 9.53 Å². The molecular weight excluding hydrogens is 182 g/mol. The molecule has 1 fully saturated rings. The molecule has 0 radical (unpaired) electrons. The monoisotopic (exact) mass is 201 g/mol. The Bertz CT molecular complexity index is 169. The maximum absolute atomic E-state index is 11.3. The Morgan fingerprint density at radius 1 is 1.43 bits per heavy atom. The Labute approximate surface area is 84.6 Å². The second-order valence-corrected chi connectivity index (χ2v) is 3.61. The molecule has 0 aromatic heterocycles. The summed E-state index contributed by atoms with van der Waals surface area (Å²) in [5.74, 6) is 0.465. The number of ether oxygens (including phenoxy) is 1. The van der Waals surface area contributed by atoms with Gasteiger partial charge in [-0.25, -0.2) is 0 Å². The highest BCUT2D eigenvalue weighted by Gasteiger charge is 2.24. The van der Waals surface area contributed by atoms with Gasteiger partial charge in [-0.15, -0.1) is 0 Å². The van der Waals surface area contributed by atoms with Crippen LogP contribution in [0, 0.1) is 5.92 Å². The number of nitrogens with one attached hydrogen (secondary N) is 1. The smallest absolute Gasteiger partial charge is 0.223 e. The normalized spacial score (nSPS) is 16.4. The summed E-state index contributed by atoms with van der Waals surface area (Å²) >= 11 is 0. The van der Waals surface area contributed by atoms with Crippen LogP contribution in [0.5, 0.6) is 0 Å². The van der Waals surface area contributed by atoms with E-state index in [1.54, 1.807) is 0 Å². The van der Waals surface area contributed by atoms with Crippen LogP contribution in [0.3, 0.4) is 0 Å². The van der Waals surface area contributed by atoms with Gasteiger partial charge in [-0.05, 0) is 19.3 Å². The summed E-state index contributed by atoms with van der Waals surface area (Å²) < 4.78 is 5.06. The molecule has 0 atom stereocenters. The van der Waals surface area contributed by atoms with Gasteiger partial charge in [0.15, 0.2) is 0 Å². The lowest BCUT2D eigenvalue weighted by atomic mass is 9.85. The molecule has 0 spiro atoms. The van der Waals surface area contributed by atoms with E-state index in [0.29, 0.717) is 19.8 Å². The minimum Gasteiger partial charge on any atom is -0.394 e. The third-order valence-electron chi connectivity index (χ3n) is 2.48. The molecular formula is C10H19NO3. The van der Waals surface area contributed by atoms with Crippen LogP contribution < -0.4 is 5.32 Å². The number of rotatable bonds is 7. The third kappa shape index (κ3) is 4.07. The van der Waals surface area contributed by atoms with E-state index in [0.717, 1.165) is 19.3 Å². The summed E-state index contributed by atoms with van der Waals surface area (Å²) in [7, 11) is 0. The summed E-state index contributed by atoms with van der Waals surface area (Å²) in [6.45, 7) is 1.73. The minimum absolute atomic E-state index is 0.0639. The van der Waals surface area contributed by atoms with Gasteiger partial charge >= 0.3 is 0 Å². The highest BCUT2D eigenvalue weighted by atomic mass is 16.5. The fraction of sp³-hybridized carbons (Fsp3) is 0.900. The lowest BCUT2D eigenvalue weighted by Crippen LogP contribution is -2.35. The SMILES string of the molecule is O=C(NCCCOCCO)C1CCC1. The van der Waals surface area contributed by atoms with Gasteiger partial charge < -0.3 is 15.2 Å². The standard InChI is InChI=1S/C10H19NO3/c12-6-8-14-7-2-5-11-10(13)9-3-1-4-9/h9,12H,1-8H2,(H,11,13). The van der Waals surface area contributed by atoms with Gasteiger partial charge in [-0.2, -0.15) is 0 Å². The average molecular weight is 201 g/mol. The van der Waals surface area contributed by atoms with Crippen LogP contribution in [0.15, 0.2) is 0 Å². The quantitative estimate of drug-likeness (QED) is 0.582. The molecule has 1 amide bonds. The zero-order chi connectivity index (χ0) is 10.2. The predicted octanol–water partition coefficient (Wildman–Crippen LogP) is 0.302. The molecule has 0 bridgehead atoms. The Balaban J connectivity index is 1.85. The van der Waals surface area contributed by atoms with Gasteiger partial charge in [0.05, 0.1) is 13.2 Å². The van der Waals surface area contributed by atoms with Gasteiger partial charge in [-0.1, -0.05) is 6.42 Å². The van der Waals surface area contributed by atoms with Crippen molar-refractivity contribution in [2.75, 3.05) is 26.4 Å². The largest absolute Gasteiger partial charge is 0.394 e. The number of hydrogen-bond donors (Lipinski definition) is 2. The molecule has 14 heavy (non-hydrogen) atoms. The first-order chi connectivity index (χ1) is 6.84. The maximum Gasteiger partial charge on any atom is 0.223 e. The highest BCUT2D eigenvalue weighted by Crippen LogP contribution is 2.25. The molecule has 82 valence electrons. The first-order valence-corrected chi connectivity index (χ1v) is 5.31. The number of carbonyl (C=O) groups is 1. The van der Waals surface area contributed by atoms with E-state index in [-0.39, 0.29) is 18.4 Å². The molecule has 0 aromatic rings. The fourth-order valence-corrected chi connectivity index (χ4v) is 1.37. The Morgan fingerprint density at radius 3 is 2.79 bits per heavy atom. The zero-order valence-electron chi connectivity index (χ0n) is 8.50. The van der Waals surface area contributed by atoms with E-state index in [2.05, 4.69) is 5.32 Å². The van der Waals surface area contributed by atoms with E-state index < -0.39 is 0 Å². The Hall–Kier alpha value is -0.610. The molecule has 0 aromatic carbocycles. The lowest BCUT2D eigenvalue weighted by Gasteiger charge is -2.23. The molecule has 1 rings (SSSR count). The molecule has 1 aliphatic rings. The summed E-state index contributed by atoms with van der Waals surface area (Å²) in [5, 5.41) is 11.3. The second kappa shape index (κ2) is 6.79. The number of hydrogen-bond acceptors (Lipinski definition) is 3. The molecule has 4 nitrogen and oxygen atoms in total. The molecule has 0 aliphatic heterocycles. The predicted molar refractivity (Wildman–Crippen MR) is 52.9 cm³/mol. The molecule has 1 saturated carbocycles. The van der Waals surface area contributed by atoms with Crippen molar-refractivity contribution in [2.24, 2.45) is 5.92 Å². The van der Waals surface area contributed by atoms with Crippen LogP contribution in [-0.4, -0.2) is 37.4 Å². The molecule has 0 heterocycles. The van der Waals surface area contributed by atoms with Crippen LogP contribution in [0.4, 0.5) is 0 Å². The number of aliphatic hydroxyl groups excluding tert-OH is 1. The van der Waals surface area contributed by atoms with Crippen LogP contribution in [0.1, 0.15) is 25.7 Å². The van der Waals surface area contributed by atoms with Crippen molar-refractivity contribution >= 4 is 5.91 Å². The van der Waals surface area contributed by atoms with Gasteiger partial charge in [-0.3, -0.25) is 4.79 Å². The zero-order valence-corrected chi connectivity index (χ0v) is 8.50. The van der Waals surface area contributed by atoms with Gasteiger partial charge in [0, 0.05) is 19.1 Å². The first-order valence-electron chi connectivity index (χ1n) is 5.31. The minimum atomic E-state index is 0.0639.